The highest BCUT2D eigenvalue weighted by atomic mass is 32.2. The number of carbonyl (C=O) groups is 1. The molecule has 1 amide bonds. The number of benzene rings is 2. The van der Waals surface area contributed by atoms with Crippen LogP contribution in [0.3, 0.4) is 0 Å². The quantitative estimate of drug-likeness (QED) is 0.763. The van der Waals surface area contributed by atoms with Gasteiger partial charge in [-0.25, -0.2) is 13.4 Å². The fourth-order valence-electron chi connectivity index (χ4n) is 3.30. The van der Waals surface area contributed by atoms with Gasteiger partial charge in [-0.15, -0.1) is 0 Å². The molecule has 1 aromatic heterocycles. The summed E-state index contributed by atoms with van der Waals surface area (Å²) in [6, 6.07) is 11.3. The maximum absolute atomic E-state index is 12.6. The smallest absolute Gasteiger partial charge is 0.244 e. The number of rotatable bonds is 3. The van der Waals surface area contributed by atoms with Gasteiger partial charge in [0.2, 0.25) is 15.9 Å². The summed E-state index contributed by atoms with van der Waals surface area (Å²) in [4.78, 5) is 17.0. The molecule has 0 radical (unpaired) electrons. The standard InChI is InChI=1S/C17H17N3O3S2/c1-25(22,23)20-10-4-7-14(20)16(21)19-17-18-13-9-8-11-5-2-3-6-12(11)15(13)24-17/h2-3,5-6,8-9,14H,4,7,10H2,1H3,(H,18,19,21). The lowest BCUT2D eigenvalue weighted by atomic mass is 10.1. The molecule has 1 fully saturated rings. The van der Waals surface area contributed by atoms with Crippen LogP contribution in [0, 0.1) is 0 Å². The van der Waals surface area contributed by atoms with E-state index < -0.39 is 16.1 Å². The van der Waals surface area contributed by atoms with E-state index in [1.165, 1.54) is 15.6 Å². The number of hydrogen-bond donors (Lipinski definition) is 1. The number of nitrogens with one attached hydrogen (secondary N) is 1. The van der Waals surface area contributed by atoms with Gasteiger partial charge in [0, 0.05) is 11.9 Å². The molecule has 1 unspecified atom stereocenters. The predicted octanol–water partition coefficient (Wildman–Crippen LogP) is 2.81. The molecule has 6 nitrogen and oxygen atoms in total. The SMILES string of the molecule is CS(=O)(=O)N1CCCC1C(=O)Nc1nc2ccc3ccccc3c2s1. The Morgan fingerprint density at radius 2 is 2.08 bits per heavy atom. The van der Waals surface area contributed by atoms with E-state index in [-0.39, 0.29) is 5.91 Å². The van der Waals surface area contributed by atoms with Crippen molar-refractivity contribution in [1.82, 2.24) is 9.29 Å². The van der Waals surface area contributed by atoms with Gasteiger partial charge >= 0.3 is 0 Å². The van der Waals surface area contributed by atoms with Crippen molar-refractivity contribution >= 4 is 53.4 Å². The molecule has 1 N–H and O–H groups in total. The van der Waals surface area contributed by atoms with Crippen LogP contribution in [-0.4, -0.2) is 42.5 Å². The summed E-state index contributed by atoms with van der Waals surface area (Å²) < 4.78 is 25.9. The Balaban J connectivity index is 1.64. The minimum atomic E-state index is -3.39. The highest BCUT2D eigenvalue weighted by Gasteiger charge is 2.36. The van der Waals surface area contributed by atoms with Crippen LogP contribution >= 0.6 is 11.3 Å². The topological polar surface area (TPSA) is 79.4 Å². The average molecular weight is 375 g/mol. The van der Waals surface area contributed by atoms with Gasteiger partial charge in [0.05, 0.1) is 16.5 Å². The summed E-state index contributed by atoms with van der Waals surface area (Å²) in [5.41, 5.74) is 0.824. The van der Waals surface area contributed by atoms with Crippen LogP contribution in [0.1, 0.15) is 12.8 Å². The summed E-state index contributed by atoms with van der Waals surface area (Å²) in [6.07, 6.45) is 2.37. The van der Waals surface area contributed by atoms with Gasteiger partial charge < -0.3 is 5.32 Å². The molecule has 0 bridgehead atoms. The van der Waals surface area contributed by atoms with E-state index in [0.29, 0.717) is 24.5 Å². The number of nitrogens with zero attached hydrogens (tertiary/aromatic N) is 2. The molecule has 0 spiro atoms. The Kier molecular flexibility index (Phi) is 3.98. The molecule has 130 valence electrons. The van der Waals surface area contributed by atoms with E-state index >= 15 is 0 Å². The Morgan fingerprint density at radius 1 is 1.28 bits per heavy atom. The van der Waals surface area contributed by atoms with Gasteiger partial charge in [0.15, 0.2) is 5.13 Å². The van der Waals surface area contributed by atoms with Crippen LogP contribution in [0.15, 0.2) is 36.4 Å². The second-order valence-electron chi connectivity index (χ2n) is 6.17. The molecule has 2 heterocycles. The molecule has 25 heavy (non-hydrogen) atoms. The third kappa shape index (κ3) is 3.01. The first-order valence-corrected chi connectivity index (χ1v) is 10.7. The number of sulfonamides is 1. The second kappa shape index (κ2) is 6.05. The summed E-state index contributed by atoms with van der Waals surface area (Å²) in [5, 5.41) is 5.51. The zero-order valence-electron chi connectivity index (χ0n) is 13.6. The van der Waals surface area contributed by atoms with Gasteiger partial charge in [-0.2, -0.15) is 4.31 Å². The Hall–Kier alpha value is -2.03. The molecule has 8 heteroatoms. The summed E-state index contributed by atoms with van der Waals surface area (Å²) >= 11 is 1.41. The molecular weight excluding hydrogens is 358 g/mol. The van der Waals surface area contributed by atoms with Gasteiger partial charge in [-0.05, 0) is 24.3 Å². The zero-order valence-corrected chi connectivity index (χ0v) is 15.2. The molecule has 2 aromatic carbocycles. The molecule has 0 saturated carbocycles. The molecule has 1 aliphatic heterocycles. The number of carbonyl (C=O) groups excluding carboxylic acids is 1. The van der Waals surface area contributed by atoms with Gasteiger partial charge in [-0.1, -0.05) is 41.7 Å². The first-order chi connectivity index (χ1) is 11.9. The van der Waals surface area contributed by atoms with E-state index in [4.69, 9.17) is 0 Å². The summed E-state index contributed by atoms with van der Waals surface area (Å²) in [6.45, 7) is 0.390. The zero-order chi connectivity index (χ0) is 17.6. The maximum Gasteiger partial charge on any atom is 0.244 e. The van der Waals surface area contributed by atoms with Gasteiger partial charge in [0.1, 0.15) is 6.04 Å². The van der Waals surface area contributed by atoms with E-state index in [1.54, 1.807) is 0 Å². The van der Waals surface area contributed by atoms with Crippen molar-refractivity contribution in [3.63, 3.8) is 0 Å². The first kappa shape index (κ1) is 16.4. The number of amides is 1. The van der Waals surface area contributed by atoms with Crippen molar-refractivity contribution in [3.8, 4) is 0 Å². The Bertz CT molecular complexity index is 1080. The van der Waals surface area contributed by atoms with Crippen molar-refractivity contribution in [1.29, 1.82) is 0 Å². The fraction of sp³-hybridized carbons (Fsp3) is 0.294. The summed E-state index contributed by atoms with van der Waals surface area (Å²) in [7, 11) is -3.39. The number of aromatic nitrogens is 1. The summed E-state index contributed by atoms with van der Waals surface area (Å²) in [5.74, 6) is -0.314. The van der Waals surface area contributed by atoms with Crippen LogP contribution < -0.4 is 5.32 Å². The highest BCUT2D eigenvalue weighted by Crippen LogP contribution is 2.33. The third-order valence-corrected chi connectivity index (χ3v) is 6.75. The molecule has 4 rings (SSSR count). The van der Waals surface area contributed by atoms with Crippen LogP contribution in [0.5, 0.6) is 0 Å². The third-order valence-electron chi connectivity index (χ3n) is 4.44. The molecule has 3 aromatic rings. The fourth-order valence-corrected chi connectivity index (χ4v) is 5.42. The van der Waals surface area contributed by atoms with E-state index in [9.17, 15) is 13.2 Å². The van der Waals surface area contributed by atoms with Crippen LogP contribution in [0.2, 0.25) is 0 Å². The molecular formula is C17H17N3O3S2. The minimum absolute atomic E-state index is 0.314. The van der Waals surface area contributed by atoms with Crippen molar-refractivity contribution < 1.29 is 13.2 Å². The second-order valence-corrected chi connectivity index (χ2v) is 9.11. The van der Waals surface area contributed by atoms with Crippen molar-refractivity contribution in [2.45, 2.75) is 18.9 Å². The number of hydrogen-bond acceptors (Lipinski definition) is 5. The van der Waals surface area contributed by atoms with Crippen LogP contribution in [-0.2, 0) is 14.8 Å². The molecule has 1 saturated heterocycles. The lowest BCUT2D eigenvalue weighted by molar-refractivity contribution is -0.119. The van der Waals surface area contributed by atoms with Crippen molar-refractivity contribution in [2.24, 2.45) is 0 Å². The van der Waals surface area contributed by atoms with Crippen LogP contribution in [0.4, 0.5) is 5.13 Å². The Morgan fingerprint density at radius 3 is 2.88 bits per heavy atom. The molecule has 1 atom stereocenters. The average Bonchev–Trinajstić information content (AvgIpc) is 3.21. The molecule has 0 aliphatic carbocycles. The lowest BCUT2D eigenvalue weighted by Gasteiger charge is -2.20. The first-order valence-electron chi connectivity index (χ1n) is 7.99. The number of anilines is 1. The van der Waals surface area contributed by atoms with E-state index in [2.05, 4.69) is 10.3 Å². The van der Waals surface area contributed by atoms with Crippen molar-refractivity contribution in [3.05, 3.63) is 36.4 Å². The normalized spacial score (nSPS) is 18.8. The molecule has 1 aliphatic rings. The monoisotopic (exact) mass is 375 g/mol. The lowest BCUT2D eigenvalue weighted by Crippen LogP contribution is -2.42. The van der Waals surface area contributed by atoms with E-state index in [0.717, 1.165) is 27.2 Å². The number of thiazole rings is 1. The van der Waals surface area contributed by atoms with Crippen LogP contribution in [0.25, 0.3) is 21.0 Å². The Labute approximate surface area is 149 Å². The minimum Gasteiger partial charge on any atom is -0.301 e. The van der Waals surface area contributed by atoms with Gasteiger partial charge in [-0.3, -0.25) is 4.79 Å². The highest BCUT2D eigenvalue weighted by molar-refractivity contribution is 7.88. The van der Waals surface area contributed by atoms with E-state index in [1.807, 2.05) is 36.4 Å². The maximum atomic E-state index is 12.6. The predicted molar refractivity (Wildman–Crippen MR) is 100 cm³/mol. The van der Waals surface area contributed by atoms with Crippen molar-refractivity contribution in [2.75, 3.05) is 18.1 Å². The largest absolute Gasteiger partial charge is 0.301 e. The van der Waals surface area contributed by atoms with Gasteiger partial charge in [0.25, 0.3) is 0 Å². The number of fused-ring (bicyclic) bond motifs is 3.